The first-order chi connectivity index (χ1) is 16.9. The molecule has 1 amide bonds. The highest BCUT2D eigenvalue weighted by Gasteiger charge is 2.23. The van der Waals surface area contributed by atoms with Gasteiger partial charge in [-0.15, -0.1) is 0 Å². The number of benzene rings is 3. The normalized spacial score (nSPS) is 11.8. The lowest BCUT2D eigenvalue weighted by atomic mass is 10.1. The highest BCUT2D eigenvalue weighted by molar-refractivity contribution is 6.31. The van der Waals surface area contributed by atoms with Crippen molar-refractivity contribution in [1.29, 1.82) is 0 Å². The van der Waals surface area contributed by atoms with Crippen LogP contribution in [-0.4, -0.2) is 36.8 Å². The van der Waals surface area contributed by atoms with Gasteiger partial charge in [0.15, 0.2) is 11.5 Å². The molecule has 0 unspecified atom stereocenters. The van der Waals surface area contributed by atoms with Gasteiger partial charge in [0.2, 0.25) is 5.75 Å². The number of amides is 1. The van der Waals surface area contributed by atoms with E-state index < -0.39 is 11.9 Å². The van der Waals surface area contributed by atoms with Crippen LogP contribution in [0.25, 0.3) is 11.0 Å². The number of fused-ring (bicyclic) bond motifs is 1. The van der Waals surface area contributed by atoms with E-state index in [0.717, 1.165) is 11.0 Å². The third-order valence-corrected chi connectivity index (χ3v) is 6.08. The molecular weight excluding hydrogens is 473 g/mol. The standard InChI is InChI=1S/C26H25ClFN3O4/c1-15(29-26(32)16-12-22(33-2)24(35-4)23(13-16)34-3)25-30-20-10-5-6-11-21(20)31(25)14-17-18(27)8-7-9-19(17)28/h5-13,15H,14H2,1-4H3,(H,29,32)/t15-/m0/s1. The minimum Gasteiger partial charge on any atom is -0.493 e. The number of hydrogen-bond donors (Lipinski definition) is 1. The van der Waals surface area contributed by atoms with Crippen LogP contribution in [0.2, 0.25) is 5.02 Å². The van der Waals surface area contributed by atoms with E-state index >= 15 is 0 Å². The molecular formula is C26H25ClFN3O4. The molecule has 0 bridgehead atoms. The molecule has 7 nitrogen and oxygen atoms in total. The number of nitrogens with one attached hydrogen (secondary N) is 1. The lowest BCUT2D eigenvalue weighted by Gasteiger charge is -2.18. The molecule has 9 heteroatoms. The molecule has 1 N–H and O–H groups in total. The van der Waals surface area contributed by atoms with Gasteiger partial charge >= 0.3 is 0 Å². The number of rotatable bonds is 8. The average molecular weight is 498 g/mol. The maximum absolute atomic E-state index is 14.6. The van der Waals surface area contributed by atoms with Crippen LogP contribution in [-0.2, 0) is 6.54 Å². The van der Waals surface area contributed by atoms with E-state index in [-0.39, 0.29) is 12.5 Å². The summed E-state index contributed by atoms with van der Waals surface area (Å²) >= 11 is 6.30. The number of halogens is 2. The van der Waals surface area contributed by atoms with E-state index in [9.17, 15) is 9.18 Å². The Balaban J connectivity index is 1.70. The Morgan fingerprint density at radius 2 is 1.74 bits per heavy atom. The molecule has 0 saturated carbocycles. The Morgan fingerprint density at radius 3 is 2.37 bits per heavy atom. The lowest BCUT2D eigenvalue weighted by Crippen LogP contribution is -2.29. The van der Waals surface area contributed by atoms with Crippen molar-refractivity contribution in [2.45, 2.75) is 19.5 Å². The molecule has 0 radical (unpaired) electrons. The van der Waals surface area contributed by atoms with Crippen molar-refractivity contribution in [3.8, 4) is 17.2 Å². The summed E-state index contributed by atoms with van der Waals surface area (Å²) in [5, 5.41) is 3.29. The quantitative estimate of drug-likeness (QED) is 0.353. The molecule has 4 aromatic rings. The summed E-state index contributed by atoms with van der Waals surface area (Å²) in [7, 11) is 4.46. The fourth-order valence-corrected chi connectivity index (χ4v) is 4.21. The second kappa shape index (κ2) is 10.2. The number of carbonyl (C=O) groups excluding carboxylic acids is 1. The fraction of sp³-hybridized carbons (Fsp3) is 0.231. The number of para-hydroxylation sites is 2. The van der Waals surface area contributed by atoms with Gasteiger partial charge in [-0.05, 0) is 43.3 Å². The molecule has 1 atom stereocenters. The minimum atomic E-state index is -0.514. The van der Waals surface area contributed by atoms with Crippen LogP contribution < -0.4 is 19.5 Å². The third-order valence-electron chi connectivity index (χ3n) is 5.72. The molecule has 1 heterocycles. The summed E-state index contributed by atoms with van der Waals surface area (Å²) in [6.45, 7) is 1.97. The SMILES string of the molecule is COc1cc(C(=O)N[C@@H](C)c2nc3ccccc3n2Cc2c(F)cccc2Cl)cc(OC)c1OC. The highest BCUT2D eigenvalue weighted by Crippen LogP contribution is 2.38. The van der Waals surface area contributed by atoms with E-state index in [1.54, 1.807) is 24.3 Å². The summed E-state index contributed by atoms with van der Waals surface area (Å²) in [6.07, 6.45) is 0. The van der Waals surface area contributed by atoms with Gasteiger partial charge in [0, 0.05) is 16.1 Å². The largest absolute Gasteiger partial charge is 0.493 e. The summed E-state index contributed by atoms with van der Waals surface area (Å²) in [6, 6.07) is 14.7. The summed E-state index contributed by atoms with van der Waals surface area (Å²) in [4.78, 5) is 17.9. The molecule has 35 heavy (non-hydrogen) atoms. The van der Waals surface area contributed by atoms with Gasteiger partial charge in [0.25, 0.3) is 5.91 Å². The minimum absolute atomic E-state index is 0.158. The predicted octanol–water partition coefficient (Wildman–Crippen LogP) is 5.39. The number of nitrogens with zero attached hydrogens (tertiary/aromatic N) is 2. The average Bonchev–Trinajstić information content (AvgIpc) is 3.23. The van der Waals surface area contributed by atoms with Crippen molar-refractivity contribution in [1.82, 2.24) is 14.9 Å². The lowest BCUT2D eigenvalue weighted by molar-refractivity contribution is 0.0937. The van der Waals surface area contributed by atoms with Crippen LogP contribution in [0, 0.1) is 5.82 Å². The van der Waals surface area contributed by atoms with E-state index in [0.29, 0.717) is 39.2 Å². The maximum Gasteiger partial charge on any atom is 0.252 e. The van der Waals surface area contributed by atoms with Crippen molar-refractivity contribution in [2.24, 2.45) is 0 Å². The summed E-state index contributed by atoms with van der Waals surface area (Å²) < 4.78 is 32.5. The van der Waals surface area contributed by atoms with Crippen LogP contribution in [0.15, 0.2) is 54.6 Å². The molecule has 0 aliphatic rings. The first-order valence-electron chi connectivity index (χ1n) is 10.9. The van der Waals surface area contributed by atoms with Crippen molar-refractivity contribution in [3.05, 3.63) is 82.4 Å². The Kier molecular flexibility index (Phi) is 7.12. The van der Waals surface area contributed by atoms with E-state index in [2.05, 4.69) is 5.32 Å². The fourth-order valence-electron chi connectivity index (χ4n) is 3.99. The molecule has 0 saturated heterocycles. The molecule has 0 spiro atoms. The zero-order valence-corrected chi connectivity index (χ0v) is 20.5. The second-order valence-corrected chi connectivity index (χ2v) is 8.26. The van der Waals surface area contributed by atoms with Crippen molar-refractivity contribution < 1.29 is 23.4 Å². The first-order valence-corrected chi connectivity index (χ1v) is 11.2. The topological polar surface area (TPSA) is 74.6 Å². The molecule has 0 fully saturated rings. The van der Waals surface area contributed by atoms with Crippen molar-refractivity contribution in [2.75, 3.05) is 21.3 Å². The van der Waals surface area contributed by atoms with E-state index in [1.807, 2.05) is 35.8 Å². The molecule has 0 aliphatic carbocycles. The molecule has 0 aliphatic heterocycles. The summed E-state index contributed by atoms with van der Waals surface area (Å²) in [5.41, 5.74) is 2.20. The van der Waals surface area contributed by atoms with E-state index in [1.165, 1.54) is 27.4 Å². The Bertz CT molecular complexity index is 1340. The van der Waals surface area contributed by atoms with Crippen LogP contribution in [0.4, 0.5) is 4.39 Å². The number of methoxy groups -OCH3 is 3. The number of imidazole rings is 1. The number of hydrogen-bond acceptors (Lipinski definition) is 5. The second-order valence-electron chi connectivity index (χ2n) is 7.85. The van der Waals surface area contributed by atoms with E-state index in [4.69, 9.17) is 30.8 Å². The van der Waals surface area contributed by atoms with Gasteiger partial charge in [-0.25, -0.2) is 9.37 Å². The number of ether oxygens (including phenoxy) is 3. The van der Waals surface area contributed by atoms with Crippen LogP contribution in [0.5, 0.6) is 17.2 Å². The van der Waals surface area contributed by atoms with Gasteiger partial charge in [0.05, 0.1) is 44.9 Å². The zero-order chi connectivity index (χ0) is 25.1. The number of carbonyl (C=O) groups is 1. The van der Waals surface area contributed by atoms with Crippen LogP contribution >= 0.6 is 11.6 Å². The maximum atomic E-state index is 14.6. The smallest absolute Gasteiger partial charge is 0.252 e. The molecule has 182 valence electrons. The molecule has 4 rings (SSSR count). The Morgan fingerprint density at radius 1 is 1.06 bits per heavy atom. The van der Waals surface area contributed by atoms with Crippen molar-refractivity contribution in [3.63, 3.8) is 0 Å². The monoisotopic (exact) mass is 497 g/mol. The zero-order valence-electron chi connectivity index (χ0n) is 19.8. The summed E-state index contributed by atoms with van der Waals surface area (Å²) in [5.74, 6) is 0.918. The molecule has 3 aromatic carbocycles. The van der Waals surface area contributed by atoms with Crippen LogP contribution in [0.1, 0.15) is 34.7 Å². The predicted molar refractivity (Wildman–Crippen MR) is 132 cm³/mol. The highest BCUT2D eigenvalue weighted by atomic mass is 35.5. The van der Waals surface area contributed by atoms with Crippen LogP contribution in [0.3, 0.4) is 0 Å². The molecule has 1 aromatic heterocycles. The first kappa shape index (κ1) is 24.3. The van der Waals surface area contributed by atoms with Gasteiger partial charge in [-0.3, -0.25) is 4.79 Å². The van der Waals surface area contributed by atoms with Crippen molar-refractivity contribution >= 4 is 28.5 Å². The number of aromatic nitrogens is 2. The Labute approximate surface area is 207 Å². The Hall–Kier alpha value is -3.78. The van der Waals surface area contributed by atoms with Gasteiger partial charge in [-0.1, -0.05) is 29.8 Å². The van der Waals surface area contributed by atoms with Gasteiger partial charge in [-0.2, -0.15) is 0 Å². The van der Waals surface area contributed by atoms with Gasteiger partial charge in [0.1, 0.15) is 11.6 Å². The van der Waals surface area contributed by atoms with Gasteiger partial charge < -0.3 is 24.1 Å². The third kappa shape index (κ3) is 4.74.